The summed E-state index contributed by atoms with van der Waals surface area (Å²) in [6, 6.07) is 12.6. The van der Waals surface area contributed by atoms with E-state index in [1.54, 1.807) is 18.2 Å². The van der Waals surface area contributed by atoms with Crippen LogP contribution in [0.1, 0.15) is 26.2 Å². The molecule has 3 nitrogen and oxygen atoms in total. The number of hydrogen-bond donors (Lipinski definition) is 0. The van der Waals surface area contributed by atoms with Crippen LogP contribution < -0.4 is 0 Å². The molecule has 0 amide bonds. The molecule has 0 spiro atoms. The molecule has 0 heterocycles. The maximum absolute atomic E-state index is 12.2. The Bertz CT molecular complexity index is 648. The van der Waals surface area contributed by atoms with Crippen molar-refractivity contribution in [1.82, 2.24) is 0 Å². The van der Waals surface area contributed by atoms with Gasteiger partial charge in [-0.15, -0.1) is 0 Å². The van der Waals surface area contributed by atoms with Crippen LogP contribution in [0, 0.1) is 0 Å². The molecule has 0 aliphatic rings. The molecule has 0 aliphatic heterocycles. The predicted molar refractivity (Wildman–Crippen MR) is 83.8 cm³/mol. The Morgan fingerprint density at radius 3 is 2.45 bits per heavy atom. The Labute approximate surface area is 142 Å². The standard InChI is InChI=1S/C15H18O3S.Na.H/c1-2-3-6-12-18-19(16,17)15-11-7-9-13-8-4-5-10-14(13)15;;/h4-5,7-11H,2-3,6,12H2,1H3;;. The van der Waals surface area contributed by atoms with Crippen molar-refractivity contribution in [2.45, 2.75) is 31.1 Å². The number of hydrogen-bond acceptors (Lipinski definition) is 3. The van der Waals surface area contributed by atoms with Crippen LogP contribution in [0.25, 0.3) is 10.8 Å². The maximum atomic E-state index is 12.2. The third-order valence-corrected chi connectivity index (χ3v) is 4.38. The monoisotopic (exact) mass is 302 g/mol. The molecule has 5 heteroatoms. The molecule has 2 rings (SSSR count). The average Bonchev–Trinajstić information content (AvgIpc) is 2.43. The van der Waals surface area contributed by atoms with E-state index < -0.39 is 10.1 Å². The topological polar surface area (TPSA) is 43.4 Å². The van der Waals surface area contributed by atoms with Crippen molar-refractivity contribution in [1.29, 1.82) is 0 Å². The summed E-state index contributed by atoms with van der Waals surface area (Å²) < 4.78 is 29.5. The Morgan fingerprint density at radius 2 is 1.70 bits per heavy atom. The third-order valence-electron chi connectivity index (χ3n) is 3.01. The molecule has 0 atom stereocenters. The summed E-state index contributed by atoms with van der Waals surface area (Å²) in [5.41, 5.74) is 0. The van der Waals surface area contributed by atoms with Crippen molar-refractivity contribution in [3.05, 3.63) is 42.5 Å². The molecule has 2 aromatic rings. The van der Waals surface area contributed by atoms with Gasteiger partial charge in [0.05, 0.1) is 6.61 Å². The number of rotatable bonds is 6. The van der Waals surface area contributed by atoms with E-state index in [-0.39, 0.29) is 41.1 Å². The van der Waals surface area contributed by atoms with Gasteiger partial charge in [0.25, 0.3) is 10.1 Å². The molecule has 2 aromatic carbocycles. The van der Waals surface area contributed by atoms with Gasteiger partial charge in [-0.25, -0.2) is 0 Å². The van der Waals surface area contributed by atoms with Crippen LogP contribution in [-0.2, 0) is 14.3 Å². The summed E-state index contributed by atoms with van der Waals surface area (Å²) in [7, 11) is -3.67. The fourth-order valence-electron chi connectivity index (χ4n) is 2.00. The fourth-order valence-corrected chi connectivity index (χ4v) is 3.16. The molecule has 0 saturated carbocycles. The van der Waals surface area contributed by atoms with Crippen LogP contribution in [-0.4, -0.2) is 44.6 Å². The molecular weight excluding hydrogens is 283 g/mol. The zero-order chi connectivity index (χ0) is 13.7. The average molecular weight is 302 g/mol. The van der Waals surface area contributed by atoms with Crippen molar-refractivity contribution in [3.63, 3.8) is 0 Å². The van der Waals surface area contributed by atoms with Crippen molar-refractivity contribution >= 4 is 50.4 Å². The molecule has 0 unspecified atom stereocenters. The SMILES string of the molecule is CCCCCOS(=O)(=O)c1cccc2ccccc12.[NaH]. The molecule has 0 aliphatic carbocycles. The molecule has 0 radical (unpaired) electrons. The minimum atomic E-state index is -3.67. The molecule has 0 fully saturated rings. The number of benzene rings is 2. The quantitative estimate of drug-likeness (QED) is 0.468. The van der Waals surface area contributed by atoms with Gasteiger partial charge in [-0.2, -0.15) is 8.42 Å². The molecule has 0 N–H and O–H groups in total. The zero-order valence-electron chi connectivity index (χ0n) is 11.0. The van der Waals surface area contributed by atoms with Crippen LogP contribution in [0.2, 0.25) is 0 Å². The number of unbranched alkanes of at least 4 members (excludes halogenated alkanes) is 2. The van der Waals surface area contributed by atoms with Gasteiger partial charge in [-0.3, -0.25) is 4.18 Å². The normalized spacial score (nSPS) is 11.2. The first kappa shape index (κ1) is 17.7. The summed E-state index contributed by atoms with van der Waals surface area (Å²) in [6.07, 6.45) is 2.78. The van der Waals surface area contributed by atoms with E-state index in [2.05, 4.69) is 6.92 Å². The first-order valence-electron chi connectivity index (χ1n) is 6.52. The van der Waals surface area contributed by atoms with Gasteiger partial charge >= 0.3 is 29.6 Å². The first-order valence-corrected chi connectivity index (χ1v) is 7.93. The van der Waals surface area contributed by atoms with Crippen LogP contribution in [0.5, 0.6) is 0 Å². The number of fused-ring (bicyclic) bond motifs is 1. The van der Waals surface area contributed by atoms with E-state index in [0.717, 1.165) is 24.6 Å². The summed E-state index contributed by atoms with van der Waals surface area (Å²) in [5.74, 6) is 0. The van der Waals surface area contributed by atoms with Gasteiger partial charge in [0, 0.05) is 5.39 Å². The first-order chi connectivity index (χ1) is 9.15. The van der Waals surface area contributed by atoms with Gasteiger partial charge in [0.1, 0.15) is 4.90 Å². The van der Waals surface area contributed by atoms with Crippen LogP contribution >= 0.6 is 0 Å². The van der Waals surface area contributed by atoms with E-state index in [9.17, 15) is 8.42 Å². The van der Waals surface area contributed by atoms with Gasteiger partial charge in [-0.1, -0.05) is 56.2 Å². The van der Waals surface area contributed by atoms with E-state index in [1.165, 1.54) is 0 Å². The zero-order valence-corrected chi connectivity index (χ0v) is 11.8. The van der Waals surface area contributed by atoms with Crippen LogP contribution in [0.15, 0.2) is 47.4 Å². The summed E-state index contributed by atoms with van der Waals surface area (Å²) in [5, 5.41) is 1.61. The van der Waals surface area contributed by atoms with Gasteiger partial charge in [-0.05, 0) is 17.9 Å². The second kappa shape index (κ2) is 8.15. The fraction of sp³-hybridized carbons (Fsp3) is 0.333. The Kier molecular flexibility index (Phi) is 7.20. The van der Waals surface area contributed by atoms with Crippen molar-refractivity contribution < 1.29 is 12.6 Å². The van der Waals surface area contributed by atoms with Gasteiger partial charge in [0.15, 0.2) is 0 Å². The molecular formula is C15H19NaO3S. The molecule has 104 valence electrons. The molecule has 0 saturated heterocycles. The Balaban J connectivity index is 0.00000200. The van der Waals surface area contributed by atoms with Crippen LogP contribution in [0.4, 0.5) is 0 Å². The molecule has 0 bridgehead atoms. The third kappa shape index (κ3) is 4.30. The second-order valence-corrected chi connectivity index (χ2v) is 6.04. The van der Waals surface area contributed by atoms with E-state index >= 15 is 0 Å². The Morgan fingerprint density at radius 1 is 1.00 bits per heavy atom. The van der Waals surface area contributed by atoms with Crippen molar-refractivity contribution in [2.24, 2.45) is 0 Å². The van der Waals surface area contributed by atoms with Gasteiger partial charge in [0.2, 0.25) is 0 Å². The van der Waals surface area contributed by atoms with Crippen molar-refractivity contribution in [2.75, 3.05) is 6.61 Å². The Hall–Kier alpha value is -0.390. The molecule has 0 aromatic heterocycles. The van der Waals surface area contributed by atoms with E-state index in [4.69, 9.17) is 4.18 Å². The summed E-state index contributed by atoms with van der Waals surface area (Å²) in [4.78, 5) is 0.252. The van der Waals surface area contributed by atoms with Gasteiger partial charge < -0.3 is 0 Å². The van der Waals surface area contributed by atoms with Crippen molar-refractivity contribution in [3.8, 4) is 0 Å². The second-order valence-electron chi connectivity index (χ2n) is 4.46. The minimum absolute atomic E-state index is 0. The van der Waals surface area contributed by atoms with E-state index in [0.29, 0.717) is 5.39 Å². The van der Waals surface area contributed by atoms with Crippen LogP contribution in [0.3, 0.4) is 0 Å². The predicted octanol–water partition coefficient (Wildman–Crippen LogP) is 3.09. The molecule has 20 heavy (non-hydrogen) atoms. The van der Waals surface area contributed by atoms with E-state index in [1.807, 2.05) is 24.3 Å². The summed E-state index contributed by atoms with van der Waals surface area (Å²) >= 11 is 0. The summed E-state index contributed by atoms with van der Waals surface area (Å²) in [6.45, 7) is 2.32.